The van der Waals surface area contributed by atoms with Gasteiger partial charge in [-0.3, -0.25) is 14.4 Å². The second-order valence-corrected chi connectivity index (χ2v) is 7.03. The number of nitrogens with zero attached hydrogens (tertiary/aromatic N) is 5. The molecule has 0 aliphatic carbocycles. The average molecular weight is 349 g/mol. The van der Waals surface area contributed by atoms with Crippen LogP contribution in [0.3, 0.4) is 0 Å². The molecule has 2 aromatic heterocycles. The first-order valence-electron chi connectivity index (χ1n) is 8.04. The summed E-state index contributed by atoms with van der Waals surface area (Å²) in [5.74, 6) is -0.0204. The smallest absolute Gasteiger partial charge is 0.250 e. The summed E-state index contributed by atoms with van der Waals surface area (Å²) in [6.07, 6.45) is 1.72. The highest BCUT2D eigenvalue weighted by atomic mass is 32.1. The Morgan fingerprint density at radius 2 is 2.33 bits per heavy atom. The molecule has 1 unspecified atom stereocenters. The summed E-state index contributed by atoms with van der Waals surface area (Å²) in [5, 5.41) is 6.97. The lowest BCUT2D eigenvalue weighted by molar-refractivity contribution is -0.120. The Kier molecular flexibility index (Phi) is 5.27. The molecule has 1 aliphatic heterocycles. The van der Waals surface area contributed by atoms with E-state index in [1.165, 1.54) is 11.3 Å². The second kappa shape index (κ2) is 7.42. The molecule has 8 heteroatoms. The number of aryl methyl sites for hydroxylation is 2. The third-order valence-corrected chi connectivity index (χ3v) is 4.86. The van der Waals surface area contributed by atoms with Gasteiger partial charge < -0.3 is 9.64 Å². The van der Waals surface area contributed by atoms with Gasteiger partial charge in [0.25, 0.3) is 5.91 Å². The zero-order chi connectivity index (χ0) is 17.1. The van der Waals surface area contributed by atoms with Crippen molar-refractivity contribution >= 4 is 22.4 Å². The summed E-state index contributed by atoms with van der Waals surface area (Å²) in [4.78, 5) is 21.2. The van der Waals surface area contributed by atoms with Gasteiger partial charge in [0.15, 0.2) is 5.13 Å². The maximum Gasteiger partial charge on any atom is 0.250 e. The van der Waals surface area contributed by atoms with Gasteiger partial charge >= 0.3 is 0 Å². The van der Waals surface area contributed by atoms with Crippen LogP contribution in [-0.4, -0.2) is 65.0 Å². The Morgan fingerprint density at radius 1 is 1.50 bits per heavy atom. The number of hydrogen-bond donors (Lipinski definition) is 0. The monoisotopic (exact) mass is 349 g/mol. The molecular formula is C16H23N5O2S. The predicted molar refractivity (Wildman–Crippen MR) is 93.4 cm³/mol. The first kappa shape index (κ1) is 17.1. The molecule has 0 radical (unpaired) electrons. The van der Waals surface area contributed by atoms with Crippen LogP contribution in [0.25, 0.3) is 0 Å². The molecule has 0 spiro atoms. The highest BCUT2D eigenvalue weighted by Gasteiger charge is 2.26. The van der Waals surface area contributed by atoms with Gasteiger partial charge in [0.2, 0.25) is 0 Å². The van der Waals surface area contributed by atoms with Crippen molar-refractivity contribution in [2.24, 2.45) is 0 Å². The van der Waals surface area contributed by atoms with Crippen molar-refractivity contribution in [1.82, 2.24) is 19.7 Å². The van der Waals surface area contributed by atoms with Crippen LogP contribution in [0.1, 0.15) is 11.4 Å². The van der Waals surface area contributed by atoms with Gasteiger partial charge in [-0.15, -0.1) is 11.3 Å². The summed E-state index contributed by atoms with van der Waals surface area (Å²) >= 11 is 1.46. The van der Waals surface area contributed by atoms with E-state index in [0.717, 1.165) is 24.5 Å². The SMILES string of the molecule is Cc1cc(C)n(CC(=O)N(CC2CN(C)CCO2)c2nccs2)n1. The maximum atomic E-state index is 12.9. The van der Waals surface area contributed by atoms with Gasteiger partial charge in [-0.25, -0.2) is 4.98 Å². The van der Waals surface area contributed by atoms with Crippen molar-refractivity contribution in [3.63, 3.8) is 0 Å². The van der Waals surface area contributed by atoms with Gasteiger partial charge in [-0.2, -0.15) is 5.10 Å². The lowest BCUT2D eigenvalue weighted by Gasteiger charge is -2.33. The van der Waals surface area contributed by atoms with E-state index in [9.17, 15) is 4.79 Å². The first-order valence-corrected chi connectivity index (χ1v) is 8.92. The third kappa shape index (κ3) is 4.00. The van der Waals surface area contributed by atoms with Gasteiger partial charge in [-0.05, 0) is 27.0 Å². The van der Waals surface area contributed by atoms with Crippen LogP contribution in [-0.2, 0) is 16.1 Å². The van der Waals surface area contributed by atoms with Gasteiger partial charge in [-0.1, -0.05) is 0 Å². The molecule has 0 bridgehead atoms. The Bertz CT molecular complexity index is 685. The fraction of sp³-hybridized carbons (Fsp3) is 0.562. The zero-order valence-corrected chi connectivity index (χ0v) is 15.1. The molecular weight excluding hydrogens is 326 g/mol. The molecule has 0 saturated carbocycles. The summed E-state index contributed by atoms with van der Waals surface area (Å²) in [6.45, 7) is 7.04. The van der Waals surface area contributed by atoms with E-state index in [4.69, 9.17) is 4.74 Å². The van der Waals surface area contributed by atoms with E-state index >= 15 is 0 Å². The van der Waals surface area contributed by atoms with E-state index in [2.05, 4.69) is 22.0 Å². The van der Waals surface area contributed by atoms with Crippen LogP contribution in [0, 0.1) is 13.8 Å². The summed E-state index contributed by atoms with van der Waals surface area (Å²) in [7, 11) is 2.07. The van der Waals surface area contributed by atoms with E-state index in [0.29, 0.717) is 18.3 Å². The number of carbonyl (C=O) groups is 1. The fourth-order valence-electron chi connectivity index (χ4n) is 2.87. The molecule has 0 N–H and O–H groups in total. The number of likely N-dealkylation sites (N-methyl/N-ethyl adjacent to an activating group) is 1. The van der Waals surface area contributed by atoms with Crippen molar-refractivity contribution in [2.45, 2.75) is 26.5 Å². The molecule has 1 amide bonds. The number of anilines is 1. The molecule has 3 rings (SSSR count). The molecule has 1 fully saturated rings. The van der Waals surface area contributed by atoms with Crippen LogP contribution >= 0.6 is 11.3 Å². The van der Waals surface area contributed by atoms with Crippen LogP contribution in [0.2, 0.25) is 0 Å². The summed E-state index contributed by atoms with van der Waals surface area (Å²) < 4.78 is 7.57. The van der Waals surface area contributed by atoms with Crippen molar-refractivity contribution in [1.29, 1.82) is 0 Å². The van der Waals surface area contributed by atoms with Gasteiger partial charge in [0, 0.05) is 30.4 Å². The Labute approximate surface area is 145 Å². The summed E-state index contributed by atoms with van der Waals surface area (Å²) in [6, 6.07) is 1.97. The van der Waals surface area contributed by atoms with Crippen molar-refractivity contribution in [3.05, 3.63) is 29.0 Å². The molecule has 1 atom stereocenters. The molecule has 0 aromatic carbocycles. The number of morpholine rings is 1. The van der Waals surface area contributed by atoms with Crippen molar-refractivity contribution in [3.8, 4) is 0 Å². The fourth-order valence-corrected chi connectivity index (χ4v) is 3.53. The molecule has 130 valence electrons. The van der Waals surface area contributed by atoms with E-state index in [1.54, 1.807) is 15.8 Å². The number of hydrogen-bond acceptors (Lipinski definition) is 6. The number of aromatic nitrogens is 3. The molecule has 1 saturated heterocycles. The van der Waals surface area contributed by atoms with E-state index in [-0.39, 0.29) is 18.6 Å². The highest BCUT2D eigenvalue weighted by molar-refractivity contribution is 7.13. The van der Waals surface area contributed by atoms with Crippen LogP contribution in [0.15, 0.2) is 17.6 Å². The van der Waals surface area contributed by atoms with Crippen molar-refractivity contribution < 1.29 is 9.53 Å². The molecule has 3 heterocycles. The summed E-state index contributed by atoms with van der Waals surface area (Å²) in [5.41, 5.74) is 1.90. The first-order chi connectivity index (χ1) is 11.5. The Morgan fingerprint density at radius 3 is 2.96 bits per heavy atom. The third-order valence-electron chi connectivity index (χ3n) is 4.07. The number of rotatable bonds is 5. The number of amides is 1. The lowest BCUT2D eigenvalue weighted by Crippen LogP contribution is -2.48. The van der Waals surface area contributed by atoms with Gasteiger partial charge in [0.05, 0.1) is 24.9 Å². The molecule has 24 heavy (non-hydrogen) atoms. The van der Waals surface area contributed by atoms with Crippen molar-refractivity contribution in [2.75, 3.05) is 38.2 Å². The molecule has 1 aliphatic rings. The minimum atomic E-state index is -0.0204. The predicted octanol–water partition coefficient (Wildman–Crippen LogP) is 1.32. The van der Waals surface area contributed by atoms with E-state index in [1.807, 2.05) is 25.3 Å². The zero-order valence-electron chi connectivity index (χ0n) is 14.3. The molecule has 2 aromatic rings. The Balaban J connectivity index is 1.74. The normalized spacial score (nSPS) is 18.7. The van der Waals surface area contributed by atoms with Crippen LogP contribution in [0.4, 0.5) is 5.13 Å². The largest absolute Gasteiger partial charge is 0.374 e. The average Bonchev–Trinajstić information content (AvgIpc) is 3.15. The number of thiazole rings is 1. The standard InChI is InChI=1S/C16H23N5O2S/c1-12-8-13(2)21(18-12)11-15(22)20(16-17-4-7-24-16)10-14-9-19(3)5-6-23-14/h4,7-8,14H,5-6,9-11H2,1-3H3. The minimum absolute atomic E-state index is 0.00273. The number of ether oxygens (including phenoxy) is 1. The minimum Gasteiger partial charge on any atom is -0.374 e. The van der Waals surface area contributed by atoms with Crippen LogP contribution < -0.4 is 4.90 Å². The second-order valence-electron chi connectivity index (χ2n) is 6.16. The topological polar surface area (TPSA) is 63.5 Å². The number of carbonyl (C=O) groups excluding carboxylic acids is 1. The molecule has 7 nitrogen and oxygen atoms in total. The quantitative estimate of drug-likeness (QED) is 0.815. The highest BCUT2D eigenvalue weighted by Crippen LogP contribution is 2.20. The maximum absolute atomic E-state index is 12.9. The van der Waals surface area contributed by atoms with E-state index < -0.39 is 0 Å². The lowest BCUT2D eigenvalue weighted by atomic mass is 10.2. The van der Waals surface area contributed by atoms with Gasteiger partial charge in [0.1, 0.15) is 6.54 Å². The van der Waals surface area contributed by atoms with Crippen LogP contribution in [0.5, 0.6) is 0 Å². The Hall–Kier alpha value is -1.77.